The number of hydrogen-bond donors (Lipinski definition) is 0. The van der Waals surface area contributed by atoms with Crippen molar-refractivity contribution in [2.75, 3.05) is 0 Å². The number of carbonyl (C=O) groups excluding carboxylic acids is 4. The Hall–Kier alpha value is -4.76. The van der Waals surface area contributed by atoms with E-state index in [0.717, 1.165) is 12.1 Å². The Bertz CT molecular complexity index is 1640. The third-order valence-electron chi connectivity index (χ3n) is 6.68. The first-order chi connectivity index (χ1) is 19.3. The fourth-order valence-electron chi connectivity index (χ4n) is 5.03. The van der Waals surface area contributed by atoms with Crippen molar-refractivity contribution in [1.29, 1.82) is 0 Å². The topological polar surface area (TPSA) is 86.7 Å². The number of hydrogen-bond acceptors (Lipinski definition) is 6. The molecule has 2 aliphatic heterocycles. The van der Waals surface area contributed by atoms with E-state index < -0.39 is 104 Å². The number of alkyl halides is 9. The van der Waals surface area contributed by atoms with Crippen molar-refractivity contribution in [2.24, 2.45) is 0 Å². The fraction of sp³-hybridized carbons (Fsp3) is 0.154. The minimum atomic E-state index is -6.03. The molecule has 218 valence electrons. The van der Waals surface area contributed by atoms with E-state index in [0.29, 0.717) is 12.1 Å². The average molecular weight is 606 g/mol. The third kappa shape index (κ3) is 4.03. The summed E-state index contributed by atoms with van der Waals surface area (Å²) >= 11 is 0. The number of ether oxygens (including phenoxy) is 2. The lowest BCUT2D eigenvalue weighted by Gasteiger charge is -2.38. The molecule has 42 heavy (non-hydrogen) atoms. The number of rotatable bonds is 3. The van der Waals surface area contributed by atoms with Gasteiger partial charge in [0.15, 0.2) is 0 Å². The van der Waals surface area contributed by atoms with Gasteiger partial charge in [0.2, 0.25) is 0 Å². The lowest BCUT2D eigenvalue weighted by atomic mass is 9.66. The maximum Gasteiger partial charge on any atom is 0.417 e. The minimum Gasteiger partial charge on any atom is -0.386 e. The highest BCUT2D eigenvalue weighted by atomic mass is 19.4. The van der Waals surface area contributed by atoms with Gasteiger partial charge >= 0.3 is 42.4 Å². The standard InChI is InChI=1S/C26H8F10O6/c27-16-4-2-1-3-13(16)23(26(34,35)36,9-5-11-17(21(39)41-19(11)37)14(7-9)24(28,29)30)10-6-12-18(22(40)42-20(12)38)15(8-10)25(31,32)33/h1-8H. The van der Waals surface area contributed by atoms with Crippen LogP contribution in [0.2, 0.25) is 0 Å². The van der Waals surface area contributed by atoms with Gasteiger partial charge in [-0.15, -0.1) is 0 Å². The molecule has 0 aliphatic carbocycles. The Balaban J connectivity index is 2.04. The van der Waals surface area contributed by atoms with Crippen molar-refractivity contribution in [1.82, 2.24) is 0 Å². The van der Waals surface area contributed by atoms with Crippen LogP contribution in [0, 0.1) is 5.82 Å². The van der Waals surface area contributed by atoms with Crippen LogP contribution in [0.3, 0.4) is 0 Å². The lowest BCUT2D eigenvalue weighted by Crippen LogP contribution is -2.46. The molecular formula is C26H8F10O6. The summed E-state index contributed by atoms with van der Waals surface area (Å²) in [6.07, 6.45) is -17.3. The van der Waals surface area contributed by atoms with E-state index in [2.05, 4.69) is 9.47 Å². The van der Waals surface area contributed by atoms with E-state index in [9.17, 15) is 45.5 Å². The van der Waals surface area contributed by atoms with Crippen LogP contribution >= 0.6 is 0 Å². The summed E-state index contributed by atoms with van der Waals surface area (Å²) in [4.78, 5) is 48.5. The van der Waals surface area contributed by atoms with Crippen LogP contribution in [0.25, 0.3) is 0 Å². The first kappa shape index (κ1) is 28.8. The molecule has 0 unspecified atom stereocenters. The zero-order valence-electron chi connectivity index (χ0n) is 19.8. The molecule has 2 aliphatic rings. The van der Waals surface area contributed by atoms with Gasteiger partial charge in [-0.3, -0.25) is 0 Å². The Labute approximate surface area is 225 Å². The van der Waals surface area contributed by atoms with Gasteiger partial charge in [0.05, 0.1) is 33.4 Å². The van der Waals surface area contributed by atoms with Crippen LogP contribution in [-0.4, -0.2) is 30.1 Å². The van der Waals surface area contributed by atoms with Crippen molar-refractivity contribution in [3.05, 3.63) is 104 Å². The van der Waals surface area contributed by atoms with Crippen molar-refractivity contribution in [3.63, 3.8) is 0 Å². The SMILES string of the molecule is O=C1OC(=O)c2c1cc(C(c1cc3c(c(C(F)(F)F)c1)C(=O)OC3=O)(c1ccccc1F)C(F)(F)F)cc2C(F)(F)F. The third-order valence-corrected chi connectivity index (χ3v) is 6.68. The Morgan fingerprint density at radius 3 is 1.29 bits per heavy atom. The highest BCUT2D eigenvalue weighted by Gasteiger charge is 2.62. The van der Waals surface area contributed by atoms with Gasteiger partial charge in [0, 0.05) is 5.56 Å². The van der Waals surface area contributed by atoms with Gasteiger partial charge in [-0.05, 0) is 41.5 Å². The summed E-state index contributed by atoms with van der Waals surface area (Å²) in [7, 11) is 0. The first-order valence-corrected chi connectivity index (χ1v) is 11.2. The molecule has 16 heteroatoms. The van der Waals surface area contributed by atoms with E-state index in [1.807, 2.05) is 0 Å². The lowest BCUT2D eigenvalue weighted by molar-refractivity contribution is -0.168. The molecule has 0 fully saturated rings. The predicted molar refractivity (Wildman–Crippen MR) is 115 cm³/mol. The van der Waals surface area contributed by atoms with Crippen LogP contribution in [-0.2, 0) is 27.2 Å². The Kier molecular flexibility index (Phi) is 6.07. The van der Waals surface area contributed by atoms with E-state index in [4.69, 9.17) is 0 Å². The second-order valence-electron chi connectivity index (χ2n) is 8.97. The van der Waals surface area contributed by atoms with Crippen LogP contribution in [0.5, 0.6) is 0 Å². The molecule has 0 atom stereocenters. The summed E-state index contributed by atoms with van der Waals surface area (Å²) in [5.74, 6) is -9.13. The maximum atomic E-state index is 15.4. The predicted octanol–water partition coefficient (Wildman–Crippen LogP) is 6.38. The summed E-state index contributed by atoms with van der Waals surface area (Å²) in [6, 6.07) is 2.19. The largest absolute Gasteiger partial charge is 0.417 e. The molecule has 0 radical (unpaired) electrons. The molecule has 6 nitrogen and oxygen atoms in total. The van der Waals surface area contributed by atoms with Crippen molar-refractivity contribution in [2.45, 2.75) is 23.9 Å². The van der Waals surface area contributed by atoms with E-state index in [-0.39, 0.29) is 24.3 Å². The summed E-state index contributed by atoms with van der Waals surface area (Å²) in [6.45, 7) is 0. The molecule has 0 N–H and O–H groups in total. The summed E-state index contributed by atoms with van der Waals surface area (Å²) in [5.41, 5.74) is -19.1. The van der Waals surface area contributed by atoms with Gasteiger partial charge < -0.3 is 9.47 Å². The zero-order valence-corrected chi connectivity index (χ0v) is 19.8. The monoisotopic (exact) mass is 606 g/mol. The number of esters is 4. The second kappa shape index (κ2) is 8.87. The quantitative estimate of drug-likeness (QED) is 0.149. The molecule has 0 amide bonds. The van der Waals surface area contributed by atoms with E-state index in [1.165, 1.54) is 0 Å². The summed E-state index contributed by atoms with van der Waals surface area (Å²) < 4.78 is 154. The highest BCUT2D eigenvalue weighted by molar-refractivity contribution is 6.16. The van der Waals surface area contributed by atoms with Crippen LogP contribution < -0.4 is 0 Å². The summed E-state index contributed by atoms with van der Waals surface area (Å²) in [5, 5.41) is 0. The molecule has 5 rings (SSSR count). The molecule has 3 aromatic rings. The molecular weight excluding hydrogens is 598 g/mol. The van der Waals surface area contributed by atoms with Crippen LogP contribution in [0.1, 0.15) is 69.2 Å². The fourth-order valence-corrected chi connectivity index (χ4v) is 5.03. The number of benzene rings is 3. The highest BCUT2D eigenvalue weighted by Crippen LogP contribution is 2.55. The maximum absolute atomic E-state index is 15.4. The minimum absolute atomic E-state index is 0.113. The molecule has 3 aromatic carbocycles. The Morgan fingerprint density at radius 2 is 0.929 bits per heavy atom. The molecule has 0 spiro atoms. The smallest absolute Gasteiger partial charge is 0.386 e. The molecule has 2 heterocycles. The van der Waals surface area contributed by atoms with Crippen LogP contribution in [0.4, 0.5) is 43.9 Å². The van der Waals surface area contributed by atoms with Crippen molar-refractivity contribution in [3.8, 4) is 0 Å². The molecule has 0 saturated carbocycles. The molecule has 0 bridgehead atoms. The second-order valence-corrected chi connectivity index (χ2v) is 8.97. The average Bonchev–Trinajstić information content (AvgIpc) is 3.31. The number of fused-ring (bicyclic) bond motifs is 2. The van der Waals surface area contributed by atoms with Gasteiger partial charge in [-0.1, -0.05) is 18.2 Å². The van der Waals surface area contributed by atoms with E-state index >= 15 is 17.6 Å². The first-order valence-electron chi connectivity index (χ1n) is 11.2. The Morgan fingerprint density at radius 1 is 0.524 bits per heavy atom. The number of halogens is 10. The molecule has 0 saturated heterocycles. The molecule has 0 aromatic heterocycles. The van der Waals surface area contributed by atoms with Crippen molar-refractivity contribution >= 4 is 23.9 Å². The number of cyclic esters (lactones) is 4. The van der Waals surface area contributed by atoms with Gasteiger partial charge in [-0.2, -0.15) is 39.5 Å². The van der Waals surface area contributed by atoms with E-state index in [1.54, 1.807) is 0 Å². The zero-order chi connectivity index (χ0) is 31.2. The van der Waals surface area contributed by atoms with Gasteiger partial charge in [-0.25, -0.2) is 23.6 Å². The van der Waals surface area contributed by atoms with Crippen LogP contribution in [0.15, 0.2) is 48.5 Å². The van der Waals surface area contributed by atoms with Gasteiger partial charge in [0.25, 0.3) is 0 Å². The van der Waals surface area contributed by atoms with Gasteiger partial charge in [0.1, 0.15) is 11.2 Å². The van der Waals surface area contributed by atoms with Crippen molar-refractivity contribution < 1.29 is 72.6 Å². The number of carbonyl (C=O) groups is 4. The normalized spacial score (nSPS) is 15.5.